The molecule has 0 radical (unpaired) electrons. The van der Waals surface area contributed by atoms with Crippen molar-refractivity contribution in [2.45, 2.75) is 0 Å². The van der Waals surface area contributed by atoms with Crippen LogP contribution in [0.25, 0.3) is 32.9 Å². The molecule has 0 bridgehead atoms. The molecule has 0 unspecified atom stereocenters. The Labute approximate surface area is 137 Å². The predicted octanol–water partition coefficient (Wildman–Crippen LogP) is 4.46. The molecule has 0 aliphatic heterocycles. The Hall–Kier alpha value is -3.38. The third kappa shape index (κ3) is 2.55. The molecule has 3 aromatic rings. The van der Waals surface area contributed by atoms with Gasteiger partial charge in [-0.3, -0.25) is 4.98 Å². The van der Waals surface area contributed by atoms with Crippen molar-refractivity contribution in [2.75, 3.05) is 21.3 Å². The zero-order chi connectivity index (χ0) is 17.1. The molecule has 8 heteroatoms. The van der Waals surface area contributed by atoms with Gasteiger partial charge in [0, 0.05) is 22.7 Å². The number of methoxy groups -OCH3 is 3. The first-order valence-electron chi connectivity index (χ1n) is 6.95. The molecule has 0 N–H and O–H groups in total. The summed E-state index contributed by atoms with van der Waals surface area (Å²) in [5.41, 5.74) is 10.7. The lowest BCUT2D eigenvalue weighted by Crippen LogP contribution is -1.95. The number of azide groups is 1. The van der Waals surface area contributed by atoms with Gasteiger partial charge in [0.1, 0.15) is 11.3 Å². The zero-order valence-electron chi connectivity index (χ0n) is 13.3. The maximum Gasteiger partial charge on any atom is 0.203 e. The van der Waals surface area contributed by atoms with Crippen molar-refractivity contribution in [1.29, 1.82) is 0 Å². The van der Waals surface area contributed by atoms with Gasteiger partial charge in [0.05, 0.1) is 27.0 Å². The van der Waals surface area contributed by atoms with Crippen molar-refractivity contribution < 1.29 is 18.6 Å². The third-order valence-corrected chi connectivity index (χ3v) is 3.49. The fourth-order valence-corrected chi connectivity index (χ4v) is 2.42. The van der Waals surface area contributed by atoms with Crippen LogP contribution in [0.5, 0.6) is 17.2 Å². The van der Waals surface area contributed by atoms with E-state index in [0.29, 0.717) is 39.8 Å². The molecular formula is C16H14N4O4. The van der Waals surface area contributed by atoms with Gasteiger partial charge in [-0.05, 0) is 23.7 Å². The van der Waals surface area contributed by atoms with Crippen molar-refractivity contribution in [3.8, 4) is 28.6 Å². The second kappa shape index (κ2) is 6.39. The lowest BCUT2D eigenvalue weighted by atomic mass is 10.1. The van der Waals surface area contributed by atoms with E-state index in [9.17, 15) is 0 Å². The number of aromatic nitrogens is 1. The summed E-state index contributed by atoms with van der Waals surface area (Å²) >= 11 is 0. The van der Waals surface area contributed by atoms with E-state index in [1.165, 1.54) is 7.11 Å². The van der Waals surface area contributed by atoms with Gasteiger partial charge in [0.2, 0.25) is 5.75 Å². The Morgan fingerprint density at radius 2 is 1.79 bits per heavy atom. The first-order chi connectivity index (χ1) is 11.7. The molecule has 0 aliphatic carbocycles. The number of furan rings is 1. The summed E-state index contributed by atoms with van der Waals surface area (Å²) in [5, 5.41) is 3.61. The summed E-state index contributed by atoms with van der Waals surface area (Å²) < 4.78 is 21.8. The van der Waals surface area contributed by atoms with Gasteiger partial charge in [-0.25, -0.2) is 0 Å². The molecule has 24 heavy (non-hydrogen) atoms. The predicted molar refractivity (Wildman–Crippen MR) is 87.9 cm³/mol. The SMILES string of the molecule is COc1cc(-c2cc3nccc(N=[N+]=[N-])c3o2)cc(OC)c1OC. The highest BCUT2D eigenvalue weighted by Gasteiger charge is 2.17. The van der Waals surface area contributed by atoms with Gasteiger partial charge in [-0.15, -0.1) is 0 Å². The maximum atomic E-state index is 8.65. The largest absolute Gasteiger partial charge is 0.493 e. The van der Waals surface area contributed by atoms with Crippen LogP contribution in [0.3, 0.4) is 0 Å². The molecule has 0 amide bonds. The van der Waals surface area contributed by atoms with Crippen LogP contribution in [-0.4, -0.2) is 26.3 Å². The number of pyridine rings is 1. The quantitative estimate of drug-likeness (QED) is 0.391. The van der Waals surface area contributed by atoms with Gasteiger partial charge in [-0.1, -0.05) is 5.11 Å². The second-order valence-electron chi connectivity index (χ2n) is 4.76. The van der Waals surface area contributed by atoms with Gasteiger partial charge >= 0.3 is 0 Å². The van der Waals surface area contributed by atoms with Crippen LogP contribution >= 0.6 is 0 Å². The normalized spacial score (nSPS) is 10.3. The van der Waals surface area contributed by atoms with Crippen molar-refractivity contribution in [2.24, 2.45) is 5.11 Å². The topological polar surface area (TPSA) is 102 Å². The molecule has 2 heterocycles. The van der Waals surface area contributed by atoms with Gasteiger partial charge in [0.25, 0.3) is 0 Å². The highest BCUT2D eigenvalue weighted by Crippen LogP contribution is 2.42. The fourth-order valence-electron chi connectivity index (χ4n) is 2.42. The molecule has 3 rings (SSSR count). The van der Waals surface area contributed by atoms with E-state index in [2.05, 4.69) is 15.0 Å². The molecular weight excluding hydrogens is 312 g/mol. The van der Waals surface area contributed by atoms with Gasteiger partial charge < -0.3 is 18.6 Å². The van der Waals surface area contributed by atoms with Gasteiger partial charge in [-0.2, -0.15) is 0 Å². The number of benzene rings is 1. The minimum atomic E-state index is 0.376. The van der Waals surface area contributed by atoms with E-state index in [0.717, 1.165) is 5.56 Å². The van der Waals surface area contributed by atoms with E-state index < -0.39 is 0 Å². The average Bonchev–Trinajstić information content (AvgIpc) is 3.06. The van der Waals surface area contributed by atoms with Crippen molar-refractivity contribution in [1.82, 2.24) is 4.98 Å². The Kier molecular flexibility index (Phi) is 4.13. The van der Waals surface area contributed by atoms with Crippen molar-refractivity contribution in [3.05, 3.63) is 40.9 Å². The van der Waals surface area contributed by atoms with Crippen LogP contribution in [0.1, 0.15) is 0 Å². The number of fused-ring (bicyclic) bond motifs is 1. The van der Waals surface area contributed by atoms with Crippen LogP contribution in [0, 0.1) is 0 Å². The molecule has 122 valence electrons. The molecule has 0 atom stereocenters. The Balaban J connectivity index is 2.20. The van der Waals surface area contributed by atoms with Crippen LogP contribution in [0.2, 0.25) is 0 Å². The summed E-state index contributed by atoms with van der Waals surface area (Å²) in [7, 11) is 4.62. The molecule has 0 aliphatic rings. The molecule has 2 aromatic heterocycles. The van der Waals surface area contributed by atoms with Gasteiger partial charge in [0.15, 0.2) is 17.1 Å². The van der Waals surface area contributed by atoms with E-state index in [1.54, 1.807) is 44.7 Å². The van der Waals surface area contributed by atoms with Crippen molar-refractivity contribution >= 4 is 16.8 Å². The number of hydrogen-bond acceptors (Lipinski definition) is 6. The summed E-state index contributed by atoms with van der Waals surface area (Å²) in [6.45, 7) is 0. The number of ether oxygens (including phenoxy) is 3. The van der Waals surface area contributed by atoms with E-state index in [-0.39, 0.29) is 0 Å². The maximum absolute atomic E-state index is 8.65. The zero-order valence-corrected chi connectivity index (χ0v) is 13.3. The summed E-state index contributed by atoms with van der Waals surface area (Å²) in [6, 6.07) is 6.88. The Bertz CT molecular complexity index is 919. The van der Waals surface area contributed by atoms with Crippen molar-refractivity contribution in [3.63, 3.8) is 0 Å². The fraction of sp³-hybridized carbons (Fsp3) is 0.188. The molecule has 0 spiro atoms. The van der Waals surface area contributed by atoms with Crippen LogP contribution in [0.4, 0.5) is 5.69 Å². The van der Waals surface area contributed by atoms with E-state index in [4.69, 9.17) is 24.2 Å². The van der Waals surface area contributed by atoms with E-state index in [1.807, 2.05) is 0 Å². The standard InChI is InChI=1S/C16H14N4O4/c1-21-13-6-9(7-14(22-2)16(13)23-3)12-8-11-15(24-12)10(19-20-17)4-5-18-11/h4-8H,1-3H3. The summed E-state index contributed by atoms with van der Waals surface area (Å²) in [4.78, 5) is 7.02. The molecule has 8 nitrogen and oxygen atoms in total. The highest BCUT2D eigenvalue weighted by atomic mass is 16.5. The first-order valence-corrected chi connectivity index (χ1v) is 6.95. The highest BCUT2D eigenvalue weighted by molar-refractivity contribution is 5.88. The average molecular weight is 326 g/mol. The Morgan fingerprint density at radius 1 is 1.08 bits per heavy atom. The molecule has 0 saturated carbocycles. The number of hydrogen-bond donors (Lipinski definition) is 0. The third-order valence-electron chi connectivity index (χ3n) is 3.49. The number of rotatable bonds is 5. The number of nitrogens with zero attached hydrogens (tertiary/aromatic N) is 4. The monoisotopic (exact) mass is 326 g/mol. The smallest absolute Gasteiger partial charge is 0.203 e. The second-order valence-corrected chi connectivity index (χ2v) is 4.76. The van der Waals surface area contributed by atoms with E-state index >= 15 is 0 Å². The lowest BCUT2D eigenvalue weighted by Gasteiger charge is -2.13. The molecule has 1 aromatic carbocycles. The molecule has 0 saturated heterocycles. The first kappa shape index (κ1) is 15.5. The minimum Gasteiger partial charge on any atom is -0.493 e. The van der Waals surface area contributed by atoms with Crippen LogP contribution < -0.4 is 14.2 Å². The van der Waals surface area contributed by atoms with Crippen LogP contribution in [-0.2, 0) is 0 Å². The molecule has 0 fully saturated rings. The lowest BCUT2D eigenvalue weighted by molar-refractivity contribution is 0.324. The summed E-state index contributed by atoms with van der Waals surface area (Å²) in [6.07, 6.45) is 1.56. The van der Waals surface area contributed by atoms with Crippen LogP contribution in [0.15, 0.2) is 40.0 Å². The Morgan fingerprint density at radius 3 is 2.38 bits per heavy atom. The minimum absolute atomic E-state index is 0.376. The summed E-state index contributed by atoms with van der Waals surface area (Å²) in [5.74, 6) is 2.05.